The number of nitrogens with zero attached hydrogens (tertiary/aromatic N) is 1. The molecule has 0 aromatic heterocycles. The molecule has 0 radical (unpaired) electrons. The smallest absolute Gasteiger partial charge is 0.145 e. The Bertz CT molecular complexity index is 2360. The number of anilines is 1. The molecule has 2 nitrogen and oxygen atoms in total. The van der Waals surface area contributed by atoms with Gasteiger partial charge in [0, 0.05) is 26.6 Å². The molecule has 7 aromatic rings. The SMILES string of the molecule is c1ccc(C2N=C(c3ccc(-c4ccc5c(c4)C4(c6ccccc6Sc6ccccc64)c4ccccc4-5)cc3)c3ccccc3N2)cc1. The average Bonchev–Trinajstić information content (AvgIpc) is 3.45. The van der Waals surface area contributed by atoms with Gasteiger partial charge in [-0.3, -0.25) is 4.99 Å². The van der Waals surface area contributed by atoms with Crippen molar-refractivity contribution < 1.29 is 0 Å². The van der Waals surface area contributed by atoms with Crippen LogP contribution in [0, 0.1) is 0 Å². The van der Waals surface area contributed by atoms with Crippen LogP contribution in [0.25, 0.3) is 22.3 Å². The highest BCUT2D eigenvalue weighted by Gasteiger charge is 2.50. The van der Waals surface area contributed by atoms with Crippen LogP contribution in [0.3, 0.4) is 0 Å². The fourth-order valence-corrected chi connectivity index (χ4v) is 9.26. The van der Waals surface area contributed by atoms with Crippen molar-refractivity contribution in [3.8, 4) is 22.3 Å². The van der Waals surface area contributed by atoms with Gasteiger partial charge in [-0.2, -0.15) is 0 Å². The standard InChI is InChI=1S/C45H30N2S/c1-2-12-31(13-3-1)44-46-40-19-9-5-15-35(40)43(47-44)30-24-22-29(23-25-30)32-26-27-34-33-14-4-6-16-36(33)45(39(34)28-32)37-17-7-10-20-41(37)48-42-21-11-8-18-38(42)45/h1-28,44,46H. The summed E-state index contributed by atoms with van der Waals surface area (Å²) in [6, 6.07) is 62.0. The Hall–Kier alpha value is -5.64. The molecule has 0 saturated carbocycles. The molecule has 0 saturated heterocycles. The van der Waals surface area contributed by atoms with E-state index >= 15 is 0 Å². The monoisotopic (exact) mass is 630 g/mol. The van der Waals surface area contributed by atoms with E-state index < -0.39 is 0 Å². The van der Waals surface area contributed by atoms with Gasteiger partial charge in [0.25, 0.3) is 0 Å². The van der Waals surface area contributed by atoms with Crippen LogP contribution in [0.5, 0.6) is 0 Å². The van der Waals surface area contributed by atoms with Gasteiger partial charge in [-0.25, -0.2) is 0 Å². The number of hydrogen-bond donors (Lipinski definition) is 1. The van der Waals surface area contributed by atoms with E-state index in [1.54, 1.807) is 0 Å². The molecule has 3 heteroatoms. The van der Waals surface area contributed by atoms with Gasteiger partial charge >= 0.3 is 0 Å². The van der Waals surface area contributed by atoms with Gasteiger partial charge in [-0.15, -0.1) is 0 Å². The summed E-state index contributed by atoms with van der Waals surface area (Å²) >= 11 is 1.89. The first-order valence-corrected chi connectivity index (χ1v) is 17.3. The quantitative estimate of drug-likeness (QED) is 0.210. The normalized spacial score (nSPS) is 16.1. The zero-order valence-electron chi connectivity index (χ0n) is 26.1. The van der Waals surface area contributed by atoms with Crippen molar-refractivity contribution in [2.75, 3.05) is 5.32 Å². The van der Waals surface area contributed by atoms with Crippen molar-refractivity contribution in [3.05, 3.63) is 209 Å². The third kappa shape index (κ3) is 3.98. The highest BCUT2D eigenvalue weighted by molar-refractivity contribution is 7.99. The molecule has 0 amide bonds. The second kappa shape index (κ2) is 10.7. The molecule has 0 bridgehead atoms. The first kappa shape index (κ1) is 27.5. The number of para-hydroxylation sites is 1. The van der Waals surface area contributed by atoms with Crippen molar-refractivity contribution in [3.63, 3.8) is 0 Å². The largest absolute Gasteiger partial charge is 0.360 e. The molecule has 226 valence electrons. The summed E-state index contributed by atoms with van der Waals surface area (Å²) in [5.74, 6) is 0. The molecule has 1 aliphatic carbocycles. The van der Waals surface area contributed by atoms with E-state index in [4.69, 9.17) is 4.99 Å². The maximum Gasteiger partial charge on any atom is 0.145 e. The Morgan fingerprint density at radius 3 is 1.77 bits per heavy atom. The van der Waals surface area contributed by atoms with Crippen LogP contribution in [0.15, 0.2) is 185 Å². The molecule has 2 aliphatic heterocycles. The molecular formula is C45H30N2S. The first-order chi connectivity index (χ1) is 23.8. The maximum absolute atomic E-state index is 5.24. The van der Waals surface area contributed by atoms with Crippen LogP contribution in [0.1, 0.15) is 45.1 Å². The highest BCUT2D eigenvalue weighted by atomic mass is 32.2. The van der Waals surface area contributed by atoms with Crippen molar-refractivity contribution in [2.45, 2.75) is 21.4 Å². The molecule has 7 aromatic carbocycles. The third-order valence-electron chi connectivity index (χ3n) is 10.2. The van der Waals surface area contributed by atoms with Gasteiger partial charge < -0.3 is 5.32 Å². The fraction of sp³-hybridized carbons (Fsp3) is 0.0444. The second-order valence-electron chi connectivity index (χ2n) is 12.7. The lowest BCUT2D eigenvalue weighted by atomic mass is 9.67. The highest BCUT2D eigenvalue weighted by Crippen LogP contribution is 2.62. The lowest BCUT2D eigenvalue weighted by Gasteiger charge is -2.39. The number of aliphatic imine (C=N–C) groups is 1. The van der Waals surface area contributed by atoms with E-state index in [2.05, 4.69) is 169 Å². The van der Waals surface area contributed by atoms with Crippen LogP contribution in [-0.2, 0) is 5.41 Å². The van der Waals surface area contributed by atoms with Gasteiger partial charge in [-0.1, -0.05) is 157 Å². The van der Waals surface area contributed by atoms with Crippen LogP contribution >= 0.6 is 11.8 Å². The zero-order chi connectivity index (χ0) is 31.7. The molecule has 1 unspecified atom stereocenters. The number of nitrogens with one attached hydrogen (secondary N) is 1. The molecule has 10 rings (SSSR count). The molecule has 48 heavy (non-hydrogen) atoms. The molecule has 1 spiro atoms. The Morgan fingerprint density at radius 2 is 1.02 bits per heavy atom. The number of benzene rings is 7. The lowest BCUT2D eigenvalue weighted by molar-refractivity contribution is 0.722. The van der Waals surface area contributed by atoms with E-state index in [9.17, 15) is 0 Å². The summed E-state index contributed by atoms with van der Waals surface area (Å²) in [5, 5.41) is 3.64. The maximum atomic E-state index is 5.24. The van der Waals surface area contributed by atoms with Gasteiger partial charge in [0.1, 0.15) is 6.17 Å². The summed E-state index contributed by atoms with van der Waals surface area (Å²) in [5.41, 5.74) is 15.6. The van der Waals surface area contributed by atoms with E-state index in [1.807, 2.05) is 17.8 Å². The number of fused-ring (bicyclic) bond motifs is 10. The Kier molecular flexibility index (Phi) is 6.12. The van der Waals surface area contributed by atoms with Gasteiger partial charge in [0.15, 0.2) is 0 Å². The topological polar surface area (TPSA) is 24.4 Å². The molecular weight excluding hydrogens is 601 g/mol. The predicted molar refractivity (Wildman–Crippen MR) is 198 cm³/mol. The summed E-state index contributed by atoms with van der Waals surface area (Å²) < 4.78 is 0. The van der Waals surface area contributed by atoms with E-state index in [-0.39, 0.29) is 11.6 Å². The van der Waals surface area contributed by atoms with Gasteiger partial charge in [0.2, 0.25) is 0 Å². The minimum atomic E-state index is -0.375. The van der Waals surface area contributed by atoms with Crippen LogP contribution < -0.4 is 5.32 Å². The number of hydrogen-bond acceptors (Lipinski definition) is 3. The Morgan fingerprint density at radius 1 is 0.458 bits per heavy atom. The predicted octanol–water partition coefficient (Wildman–Crippen LogP) is 11.1. The minimum absolute atomic E-state index is 0.135. The van der Waals surface area contributed by atoms with Crippen molar-refractivity contribution in [1.29, 1.82) is 0 Å². The molecule has 3 aliphatic rings. The second-order valence-corrected chi connectivity index (χ2v) is 13.8. The van der Waals surface area contributed by atoms with Gasteiger partial charge in [-0.05, 0) is 74.3 Å². The van der Waals surface area contributed by atoms with Crippen LogP contribution in [-0.4, -0.2) is 5.71 Å². The molecule has 1 N–H and O–H groups in total. The van der Waals surface area contributed by atoms with Crippen molar-refractivity contribution in [2.24, 2.45) is 4.99 Å². The summed E-state index contributed by atoms with van der Waals surface area (Å²) in [7, 11) is 0. The van der Waals surface area contributed by atoms with Crippen molar-refractivity contribution in [1.82, 2.24) is 0 Å². The van der Waals surface area contributed by atoms with Crippen molar-refractivity contribution >= 4 is 23.2 Å². The summed E-state index contributed by atoms with van der Waals surface area (Å²) in [6.45, 7) is 0. The molecule has 0 fully saturated rings. The first-order valence-electron chi connectivity index (χ1n) is 16.5. The average molecular weight is 631 g/mol. The van der Waals surface area contributed by atoms with Gasteiger partial charge in [0.05, 0.1) is 11.1 Å². The van der Waals surface area contributed by atoms with Crippen LogP contribution in [0.4, 0.5) is 5.69 Å². The lowest BCUT2D eigenvalue weighted by Crippen LogP contribution is -2.31. The zero-order valence-corrected chi connectivity index (χ0v) is 26.9. The van der Waals surface area contributed by atoms with Crippen LogP contribution in [0.2, 0.25) is 0 Å². The Balaban J connectivity index is 1.11. The van der Waals surface area contributed by atoms with E-state index in [1.165, 1.54) is 54.3 Å². The Labute approximate surface area is 284 Å². The third-order valence-corrected chi connectivity index (χ3v) is 11.3. The minimum Gasteiger partial charge on any atom is -0.360 e. The molecule has 1 atom stereocenters. The fourth-order valence-electron chi connectivity index (χ4n) is 8.07. The number of rotatable bonds is 3. The summed E-state index contributed by atoms with van der Waals surface area (Å²) in [6.07, 6.45) is -0.135. The van der Waals surface area contributed by atoms with E-state index in [0.717, 1.165) is 28.1 Å². The van der Waals surface area contributed by atoms with E-state index in [0.29, 0.717) is 0 Å². The molecule has 2 heterocycles. The summed E-state index contributed by atoms with van der Waals surface area (Å²) in [4.78, 5) is 7.89.